The van der Waals surface area contributed by atoms with Crippen molar-refractivity contribution in [2.24, 2.45) is 0 Å². The maximum absolute atomic E-state index is 12.8. The van der Waals surface area contributed by atoms with Gasteiger partial charge in [-0.3, -0.25) is 4.79 Å². The van der Waals surface area contributed by atoms with E-state index in [1.165, 1.54) is 5.56 Å². The number of pyridine rings is 1. The third-order valence-electron chi connectivity index (χ3n) is 4.17. The van der Waals surface area contributed by atoms with Crippen molar-refractivity contribution >= 4 is 0 Å². The number of nitriles is 1. The first-order chi connectivity index (χ1) is 10.5. The molecule has 0 aliphatic rings. The van der Waals surface area contributed by atoms with Gasteiger partial charge in [-0.05, 0) is 44.9 Å². The van der Waals surface area contributed by atoms with E-state index in [2.05, 4.69) is 45.0 Å². The van der Waals surface area contributed by atoms with Crippen LogP contribution in [0.1, 0.15) is 43.0 Å². The van der Waals surface area contributed by atoms with E-state index in [9.17, 15) is 4.79 Å². The molecule has 0 saturated carbocycles. The number of benzene rings is 1. The molecule has 0 radical (unpaired) electrons. The highest BCUT2D eigenvalue weighted by Crippen LogP contribution is 2.27. The molecule has 1 aromatic carbocycles. The summed E-state index contributed by atoms with van der Waals surface area (Å²) in [4.78, 5) is 12.8. The van der Waals surface area contributed by atoms with Gasteiger partial charge in [0.25, 0.3) is 5.56 Å². The van der Waals surface area contributed by atoms with Gasteiger partial charge in [0, 0.05) is 17.2 Å². The second-order valence-corrected chi connectivity index (χ2v) is 5.83. The lowest BCUT2D eigenvalue weighted by Crippen LogP contribution is -2.27. The summed E-state index contributed by atoms with van der Waals surface area (Å²) in [6.07, 6.45) is 1.02. The maximum atomic E-state index is 12.8. The fraction of sp³-hybridized carbons (Fsp3) is 0.368. The van der Waals surface area contributed by atoms with E-state index in [1.54, 1.807) is 6.07 Å². The van der Waals surface area contributed by atoms with Crippen molar-refractivity contribution in [2.75, 3.05) is 0 Å². The summed E-state index contributed by atoms with van der Waals surface area (Å²) in [6, 6.07) is 12.2. The van der Waals surface area contributed by atoms with Crippen LogP contribution in [0.4, 0.5) is 0 Å². The van der Waals surface area contributed by atoms with E-state index >= 15 is 0 Å². The van der Waals surface area contributed by atoms with Gasteiger partial charge < -0.3 is 4.57 Å². The van der Waals surface area contributed by atoms with Gasteiger partial charge in [-0.25, -0.2) is 0 Å². The van der Waals surface area contributed by atoms with Gasteiger partial charge in [-0.1, -0.05) is 30.7 Å². The van der Waals surface area contributed by atoms with Crippen LogP contribution in [0.2, 0.25) is 0 Å². The molecule has 0 N–H and O–H groups in total. The summed E-state index contributed by atoms with van der Waals surface area (Å²) >= 11 is 0. The van der Waals surface area contributed by atoms with Gasteiger partial charge in [-0.15, -0.1) is 0 Å². The predicted octanol–water partition coefficient (Wildman–Crippen LogP) is 4.17. The largest absolute Gasteiger partial charge is 0.305 e. The predicted molar refractivity (Wildman–Crippen MR) is 89.9 cm³/mol. The van der Waals surface area contributed by atoms with E-state index in [0.29, 0.717) is 5.56 Å². The molecule has 2 rings (SSSR count). The zero-order chi connectivity index (χ0) is 16.3. The quantitative estimate of drug-likeness (QED) is 0.849. The second kappa shape index (κ2) is 6.62. The molecule has 0 saturated heterocycles. The molecule has 0 fully saturated rings. The van der Waals surface area contributed by atoms with Gasteiger partial charge in [0.2, 0.25) is 0 Å². The molecule has 2 aromatic rings. The Morgan fingerprint density at radius 3 is 2.59 bits per heavy atom. The van der Waals surface area contributed by atoms with Gasteiger partial charge in [0.15, 0.2) is 0 Å². The highest BCUT2D eigenvalue weighted by Gasteiger charge is 2.15. The van der Waals surface area contributed by atoms with E-state index in [4.69, 9.17) is 5.26 Å². The van der Waals surface area contributed by atoms with Crippen molar-refractivity contribution in [3.63, 3.8) is 0 Å². The van der Waals surface area contributed by atoms with Crippen LogP contribution in [0.15, 0.2) is 35.1 Å². The van der Waals surface area contributed by atoms with Crippen LogP contribution in [0.5, 0.6) is 0 Å². The van der Waals surface area contributed by atoms with E-state index in [1.807, 2.05) is 17.6 Å². The maximum Gasteiger partial charge on any atom is 0.255 e. The Bertz CT molecular complexity index is 781. The molecule has 0 spiro atoms. The summed E-state index contributed by atoms with van der Waals surface area (Å²) in [5.41, 5.74) is 4.86. The smallest absolute Gasteiger partial charge is 0.255 e. The summed E-state index contributed by atoms with van der Waals surface area (Å²) in [5, 5.41) is 8.90. The van der Waals surface area contributed by atoms with Crippen molar-refractivity contribution in [3.05, 3.63) is 57.4 Å². The van der Waals surface area contributed by atoms with Crippen LogP contribution >= 0.6 is 0 Å². The van der Waals surface area contributed by atoms with Gasteiger partial charge in [-0.2, -0.15) is 5.26 Å². The summed E-state index contributed by atoms with van der Waals surface area (Å²) in [7, 11) is 0. The molecule has 0 amide bonds. The van der Waals surface area contributed by atoms with Gasteiger partial charge >= 0.3 is 0 Å². The standard InChI is InChI=1S/C19H22N2O/c1-5-15(4)21-18(9-8-16(10-11-20)19(21)22)17-12-13(2)6-7-14(17)3/h6-9,12,15H,5,10H2,1-4H3. The Balaban J connectivity index is 2.76. The minimum atomic E-state index is -0.0469. The number of nitrogens with zero attached hydrogens (tertiary/aromatic N) is 2. The number of aromatic nitrogens is 1. The first-order valence-electron chi connectivity index (χ1n) is 7.68. The van der Waals surface area contributed by atoms with E-state index < -0.39 is 0 Å². The van der Waals surface area contributed by atoms with Crippen molar-refractivity contribution in [3.8, 4) is 17.3 Å². The minimum absolute atomic E-state index is 0.0469. The van der Waals surface area contributed by atoms with Crippen LogP contribution in [0.25, 0.3) is 11.3 Å². The molecule has 3 nitrogen and oxygen atoms in total. The van der Waals surface area contributed by atoms with Crippen molar-refractivity contribution in [2.45, 2.75) is 46.6 Å². The summed E-state index contributed by atoms with van der Waals surface area (Å²) in [5.74, 6) is 0. The second-order valence-electron chi connectivity index (χ2n) is 5.83. The first-order valence-corrected chi connectivity index (χ1v) is 7.68. The average molecular weight is 294 g/mol. The van der Waals surface area contributed by atoms with Crippen molar-refractivity contribution in [1.29, 1.82) is 5.26 Å². The molecule has 3 heteroatoms. The monoisotopic (exact) mass is 294 g/mol. The third kappa shape index (κ3) is 2.96. The van der Waals surface area contributed by atoms with Crippen LogP contribution in [0, 0.1) is 25.2 Å². The molecule has 1 atom stereocenters. The number of rotatable bonds is 4. The number of hydrogen-bond acceptors (Lipinski definition) is 2. The molecule has 1 unspecified atom stereocenters. The Morgan fingerprint density at radius 2 is 1.95 bits per heavy atom. The Labute approximate surface area is 131 Å². The molecule has 22 heavy (non-hydrogen) atoms. The fourth-order valence-corrected chi connectivity index (χ4v) is 2.67. The molecule has 1 heterocycles. The van der Waals surface area contributed by atoms with Crippen LogP contribution in [-0.2, 0) is 6.42 Å². The molecular formula is C19H22N2O. The molecule has 1 aromatic heterocycles. The SMILES string of the molecule is CCC(C)n1c(-c2cc(C)ccc2C)ccc(CC#N)c1=O. The van der Waals surface area contributed by atoms with Crippen LogP contribution in [-0.4, -0.2) is 4.57 Å². The van der Waals surface area contributed by atoms with Crippen molar-refractivity contribution < 1.29 is 0 Å². The lowest BCUT2D eigenvalue weighted by atomic mass is 10.00. The first kappa shape index (κ1) is 16.0. The normalized spacial score (nSPS) is 12.0. The van der Waals surface area contributed by atoms with Crippen molar-refractivity contribution in [1.82, 2.24) is 4.57 Å². The molecule has 114 valence electrons. The lowest BCUT2D eigenvalue weighted by molar-refractivity contribution is 0.517. The van der Waals surface area contributed by atoms with Gasteiger partial charge in [0.05, 0.1) is 18.2 Å². The van der Waals surface area contributed by atoms with Gasteiger partial charge in [0.1, 0.15) is 0 Å². The molecular weight excluding hydrogens is 272 g/mol. The molecule has 0 bridgehead atoms. The molecule has 0 aliphatic heterocycles. The average Bonchev–Trinajstić information content (AvgIpc) is 2.51. The summed E-state index contributed by atoms with van der Waals surface area (Å²) < 4.78 is 1.84. The third-order valence-corrected chi connectivity index (χ3v) is 4.17. The lowest BCUT2D eigenvalue weighted by Gasteiger charge is -2.21. The zero-order valence-corrected chi connectivity index (χ0v) is 13.7. The zero-order valence-electron chi connectivity index (χ0n) is 13.7. The molecule has 0 aliphatic carbocycles. The van der Waals surface area contributed by atoms with E-state index in [0.717, 1.165) is 23.2 Å². The van der Waals surface area contributed by atoms with Crippen LogP contribution in [0.3, 0.4) is 0 Å². The number of aryl methyl sites for hydroxylation is 2. The Morgan fingerprint density at radius 1 is 1.23 bits per heavy atom. The summed E-state index contributed by atoms with van der Waals surface area (Å²) in [6.45, 7) is 8.23. The Kier molecular flexibility index (Phi) is 4.82. The highest BCUT2D eigenvalue weighted by atomic mass is 16.1. The topological polar surface area (TPSA) is 45.8 Å². The Hall–Kier alpha value is -2.34. The van der Waals surface area contributed by atoms with Crippen LogP contribution < -0.4 is 5.56 Å². The van der Waals surface area contributed by atoms with E-state index in [-0.39, 0.29) is 18.0 Å². The number of hydrogen-bond donors (Lipinski definition) is 0. The fourth-order valence-electron chi connectivity index (χ4n) is 2.67. The highest BCUT2D eigenvalue weighted by molar-refractivity contribution is 5.65. The minimum Gasteiger partial charge on any atom is -0.305 e.